The van der Waals surface area contributed by atoms with Crippen molar-refractivity contribution in [1.82, 2.24) is 4.90 Å². The highest BCUT2D eigenvalue weighted by atomic mass is 35.5. The van der Waals surface area contributed by atoms with Gasteiger partial charge in [-0.3, -0.25) is 4.79 Å². The van der Waals surface area contributed by atoms with Crippen molar-refractivity contribution in [3.63, 3.8) is 0 Å². The molecule has 0 aromatic heterocycles. The molecule has 0 saturated carbocycles. The second kappa shape index (κ2) is 8.84. The maximum Gasteiger partial charge on any atom is 0.223 e. The number of piperazine rings is 1. The molecule has 1 saturated heterocycles. The third-order valence-electron chi connectivity index (χ3n) is 4.81. The van der Waals surface area contributed by atoms with Crippen molar-refractivity contribution in [2.24, 2.45) is 0 Å². The zero-order valence-corrected chi connectivity index (χ0v) is 17.2. The fourth-order valence-corrected chi connectivity index (χ4v) is 5.08. The molecule has 6 nitrogen and oxygen atoms in total. The molecule has 0 N–H and O–H groups in total. The molecular weight excluding hydrogens is 400 g/mol. The van der Waals surface area contributed by atoms with E-state index in [0.717, 1.165) is 11.4 Å². The van der Waals surface area contributed by atoms with Crippen LogP contribution in [-0.4, -0.2) is 58.3 Å². The van der Waals surface area contributed by atoms with Crippen molar-refractivity contribution >= 4 is 33.0 Å². The van der Waals surface area contributed by atoms with Gasteiger partial charge in [-0.25, -0.2) is 8.42 Å². The minimum Gasteiger partial charge on any atom is -0.495 e. The van der Waals surface area contributed by atoms with E-state index in [1.54, 1.807) is 24.1 Å². The van der Waals surface area contributed by atoms with Gasteiger partial charge in [0.25, 0.3) is 0 Å². The lowest BCUT2D eigenvalue weighted by Gasteiger charge is -2.36. The number of amides is 1. The van der Waals surface area contributed by atoms with E-state index < -0.39 is 9.84 Å². The highest BCUT2D eigenvalue weighted by molar-refractivity contribution is 7.91. The van der Waals surface area contributed by atoms with Crippen molar-refractivity contribution in [2.75, 3.05) is 43.9 Å². The quantitative estimate of drug-likeness (QED) is 0.716. The molecule has 1 aliphatic rings. The molecule has 3 rings (SSSR count). The van der Waals surface area contributed by atoms with Gasteiger partial charge in [0.1, 0.15) is 5.75 Å². The number of halogens is 1. The Balaban J connectivity index is 1.56. The number of nitrogens with zero attached hydrogens (tertiary/aromatic N) is 2. The van der Waals surface area contributed by atoms with Gasteiger partial charge < -0.3 is 14.5 Å². The molecule has 0 aliphatic carbocycles. The van der Waals surface area contributed by atoms with Crippen LogP contribution in [0.4, 0.5) is 5.69 Å². The van der Waals surface area contributed by atoms with Gasteiger partial charge in [-0.2, -0.15) is 0 Å². The molecule has 1 heterocycles. The van der Waals surface area contributed by atoms with Crippen LogP contribution in [0.25, 0.3) is 0 Å². The first-order valence-corrected chi connectivity index (χ1v) is 11.1. The fourth-order valence-electron chi connectivity index (χ4n) is 3.27. The number of sulfone groups is 1. The smallest absolute Gasteiger partial charge is 0.223 e. The van der Waals surface area contributed by atoms with Crippen LogP contribution in [0.2, 0.25) is 5.02 Å². The van der Waals surface area contributed by atoms with Gasteiger partial charge in [0, 0.05) is 32.6 Å². The molecule has 0 spiro atoms. The molecular formula is C20H23ClN2O4S. The van der Waals surface area contributed by atoms with Gasteiger partial charge in [0.15, 0.2) is 9.84 Å². The minimum absolute atomic E-state index is 0.0534. The number of para-hydroxylation sites is 2. The maximum atomic E-state index is 12.5. The first kappa shape index (κ1) is 20.5. The van der Waals surface area contributed by atoms with E-state index in [1.807, 2.05) is 24.3 Å². The Morgan fingerprint density at radius 3 is 2.36 bits per heavy atom. The van der Waals surface area contributed by atoms with E-state index in [0.29, 0.717) is 26.2 Å². The third kappa shape index (κ3) is 4.59. The lowest BCUT2D eigenvalue weighted by Crippen LogP contribution is -2.49. The zero-order valence-electron chi connectivity index (χ0n) is 15.7. The lowest BCUT2D eigenvalue weighted by molar-refractivity contribution is -0.131. The molecule has 1 amide bonds. The van der Waals surface area contributed by atoms with Crippen LogP contribution in [0.15, 0.2) is 53.4 Å². The van der Waals surface area contributed by atoms with Gasteiger partial charge in [0.05, 0.1) is 28.5 Å². The molecule has 1 aliphatic heterocycles. The topological polar surface area (TPSA) is 66.9 Å². The summed E-state index contributed by atoms with van der Waals surface area (Å²) in [6.45, 7) is 2.43. The van der Waals surface area contributed by atoms with Gasteiger partial charge in [-0.05, 0) is 24.3 Å². The highest BCUT2D eigenvalue weighted by Crippen LogP contribution is 2.28. The third-order valence-corrected chi connectivity index (χ3v) is 7.02. The molecule has 28 heavy (non-hydrogen) atoms. The molecule has 0 unspecified atom stereocenters. The van der Waals surface area contributed by atoms with E-state index in [1.165, 1.54) is 12.1 Å². The van der Waals surface area contributed by atoms with Crippen molar-refractivity contribution in [1.29, 1.82) is 0 Å². The van der Waals surface area contributed by atoms with E-state index in [9.17, 15) is 13.2 Å². The highest BCUT2D eigenvalue weighted by Gasteiger charge is 2.25. The Bertz CT molecular complexity index is 941. The predicted molar refractivity (Wildman–Crippen MR) is 110 cm³/mol. The van der Waals surface area contributed by atoms with Crippen LogP contribution < -0.4 is 9.64 Å². The van der Waals surface area contributed by atoms with E-state index >= 15 is 0 Å². The first-order chi connectivity index (χ1) is 13.4. The largest absolute Gasteiger partial charge is 0.495 e. The molecule has 0 bridgehead atoms. The normalized spacial score (nSPS) is 14.8. The number of hydrogen-bond acceptors (Lipinski definition) is 5. The summed E-state index contributed by atoms with van der Waals surface area (Å²) in [5.41, 5.74) is 0.999. The molecule has 2 aromatic carbocycles. The van der Waals surface area contributed by atoms with E-state index in [4.69, 9.17) is 16.3 Å². The average Bonchev–Trinajstić information content (AvgIpc) is 2.72. The van der Waals surface area contributed by atoms with Crippen molar-refractivity contribution in [3.05, 3.63) is 53.6 Å². The van der Waals surface area contributed by atoms with Crippen LogP contribution in [-0.2, 0) is 14.6 Å². The lowest BCUT2D eigenvalue weighted by atomic mass is 10.2. The van der Waals surface area contributed by atoms with Crippen LogP contribution in [0, 0.1) is 0 Å². The van der Waals surface area contributed by atoms with Crippen LogP contribution in [0.3, 0.4) is 0 Å². The van der Waals surface area contributed by atoms with Gasteiger partial charge >= 0.3 is 0 Å². The van der Waals surface area contributed by atoms with Crippen LogP contribution >= 0.6 is 11.6 Å². The van der Waals surface area contributed by atoms with Crippen molar-refractivity contribution in [2.45, 2.75) is 11.3 Å². The summed E-state index contributed by atoms with van der Waals surface area (Å²) in [6.07, 6.45) is -0.0534. The summed E-state index contributed by atoms with van der Waals surface area (Å²) in [7, 11) is -1.96. The number of carbonyl (C=O) groups is 1. The fraction of sp³-hybridized carbons (Fsp3) is 0.350. The summed E-state index contributed by atoms with van der Waals surface area (Å²) in [4.78, 5) is 16.5. The summed E-state index contributed by atoms with van der Waals surface area (Å²) in [6, 6.07) is 14.1. The molecule has 0 radical (unpaired) electrons. The standard InChI is InChI=1S/C20H23ClN2O4S/c1-27-18-8-4-3-7-17(18)22-11-13-23(14-12-22)20(24)10-15-28(25,26)19-9-5-2-6-16(19)21/h2-9H,10-15H2,1H3. The number of methoxy groups -OCH3 is 1. The first-order valence-electron chi connectivity index (χ1n) is 9.05. The molecule has 2 aromatic rings. The second-order valence-electron chi connectivity index (χ2n) is 6.54. The molecule has 0 atom stereocenters. The molecule has 8 heteroatoms. The number of benzene rings is 2. The number of ether oxygens (including phenoxy) is 1. The number of rotatable bonds is 6. The zero-order chi connectivity index (χ0) is 20.1. The average molecular weight is 423 g/mol. The van der Waals surface area contributed by atoms with Gasteiger partial charge in [-0.1, -0.05) is 35.9 Å². The summed E-state index contributed by atoms with van der Waals surface area (Å²) in [5.74, 6) is 0.394. The van der Waals surface area contributed by atoms with Gasteiger partial charge in [0.2, 0.25) is 5.91 Å². The maximum absolute atomic E-state index is 12.5. The van der Waals surface area contributed by atoms with Crippen LogP contribution in [0.5, 0.6) is 5.75 Å². The van der Waals surface area contributed by atoms with E-state index in [2.05, 4.69) is 4.90 Å². The van der Waals surface area contributed by atoms with Gasteiger partial charge in [-0.15, -0.1) is 0 Å². The van der Waals surface area contributed by atoms with Crippen molar-refractivity contribution < 1.29 is 17.9 Å². The van der Waals surface area contributed by atoms with Crippen molar-refractivity contribution in [3.8, 4) is 5.75 Å². The Morgan fingerprint density at radius 1 is 1.04 bits per heavy atom. The molecule has 1 fully saturated rings. The Kier molecular flexibility index (Phi) is 6.46. The predicted octanol–water partition coefficient (Wildman–Crippen LogP) is 2.86. The number of carbonyl (C=O) groups excluding carboxylic acids is 1. The Labute approximate surface area is 170 Å². The molecule has 150 valence electrons. The number of anilines is 1. The Hall–Kier alpha value is -2.25. The second-order valence-corrected chi connectivity index (χ2v) is 9.02. The summed E-state index contributed by atoms with van der Waals surface area (Å²) >= 11 is 5.98. The summed E-state index contributed by atoms with van der Waals surface area (Å²) in [5, 5.41) is 0.181. The SMILES string of the molecule is COc1ccccc1N1CCN(C(=O)CCS(=O)(=O)c2ccccc2Cl)CC1. The van der Waals surface area contributed by atoms with Crippen LogP contribution in [0.1, 0.15) is 6.42 Å². The number of hydrogen-bond donors (Lipinski definition) is 0. The Morgan fingerprint density at radius 2 is 1.68 bits per heavy atom. The summed E-state index contributed by atoms with van der Waals surface area (Å²) < 4.78 is 30.3. The van der Waals surface area contributed by atoms with E-state index in [-0.39, 0.29) is 28.0 Å². The minimum atomic E-state index is -3.59. The monoisotopic (exact) mass is 422 g/mol.